The summed E-state index contributed by atoms with van der Waals surface area (Å²) in [6.45, 7) is 2.64. The van der Waals surface area contributed by atoms with Crippen LogP contribution in [0.1, 0.15) is 41.7 Å². The lowest BCUT2D eigenvalue weighted by Crippen LogP contribution is -2.32. The summed E-state index contributed by atoms with van der Waals surface area (Å²) in [5, 5.41) is 18.7. The lowest BCUT2D eigenvalue weighted by molar-refractivity contribution is -0.385. The molecule has 1 aliphatic carbocycles. The molecule has 1 aromatic heterocycles. The summed E-state index contributed by atoms with van der Waals surface area (Å²) in [5.74, 6) is -0.449. The standard InChI is InChI=1S/C25H27N5O7S/c1-16-23(24(31)26-15-20-8-5-13-36-20)27-29(18-6-3-2-4-7-18)25(16)37-21-12-11-19(30(32)33)14-22(21)38(34,35)28-17-9-10-17/h2-4,6-7,11-12,14,17,20,28H,5,8-10,13,15H2,1H3,(H,26,31)/t20-/m0/s1. The zero-order chi connectivity index (χ0) is 26.9. The van der Waals surface area contributed by atoms with E-state index in [0.717, 1.165) is 18.9 Å². The minimum absolute atomic E-state index is 0.0574. The second kappa shape index (κ2) is 10.5. The molecule has 0 unspecified atom stereocenters. The average molecular weight is 542 g/mol. The summed E-state index contributed by atoms with van der Waals surface area (Å²) in [4.78, 5) is 23.4. The first-order valence-corrected chi connectivity index (χ1v) is 13.7. The number of nitro benzene ring substituents is 1. The van der Waals surface area contributed by atoms with E-state index in [2.05, 4.69) is 15.1 Å². The molecule has 38 heavy (non-hydrogen) atoms. The van der Waals surface area contributed by atoms with Gasteiger partial charge in [0.1, 0.15) is 10.6 Å². The van der Waals surface area contributed by atoms with Crippen LogP contribution in [0.3, 0.4) is 0 Å². The molecule has 0 radical (unpaired) electrons. The van der Waals surface area contributed by atoms with Gasteiger partial charge < -0.3 is 14.8 Å². The van der Waals surface area contributed by atoms with Crippen molar-refractivity contribution in [3.8, 4) is 17.3 Å². The summed E-state index contributed by atoms with van der Waals surface area (Å²) < 4.78 is 41.9. The van der Waals surface area contributed by atoms with Gasteiger partial charge in [-0.1, -0.05) is 18.2 Å². The summed E-state index contributed by atoms with van der Waals surface area (Å²) in [7, 11) is -4.12. The Labute approximate surface area is 219 Å². The number of carbonyl (C=O) groups excluding carboxylic acids is 1. The molecule has 1 atom stereocenters. The number of rotatable bonds is 10. The van der Waals surface area contributed by atoms with E-state index in [0.29, 0.717) is 37.2 Å². The molecule has 5 rings (SSSR count). The van der Waals surface area contributed by atoms with Crippen LogP contribution in [0.5, 0.6) is 11.6 Å². The maximum absolute atomic E-state index is 13.1. The van der Waals surface area contributed by atoms with Gasteiger partial charge in [-0.2, -0.15) is 9.78 Å². The lowest BCUT2D eigenvalue weighted by Gasteiger charge is -2.14. The van der Waals surface area contributed by atoms with E-state index < -0.39 is 26.5 Å². The Balaban J connectivity index is 1.54. The van der Waals surface area contributed by atoms with Crippen LogP contribution in [0, 0.1) is 17.0 Å². The van der Waals surface area contributed by atoms with Crippen molar-refractivity contribution in [2.75, 3.05) is 13.2 Å². The highest BCUT2D eigenvalue weighted by atomic mass is 32.2. The van der Waals surface area contributed by atoms with Gasteiger partial charge in [0.05, 0.1) is 16.7 Å². The van der Waals surface area contributed by atoms with E-state index in [9.17, 15) is 23.3 Å². The number of nitrogens with zero attached hydrogens (tertiary/aromatic N) is 3. The number of hydrogen-bond donors (Lipinski definition) is 2. The van der Waals surface area contributed by atoms with Crippen LogP contribution in [-0.2, 0) is 14.8 Å². The minimum Gasteiger partial charge on any atom is -0.437 e. The average Bonchev–Trinajstić information content (AvgIpc) is 3.42. The first-order chi connectivity index (χ1) is 18.2. The number of aromatic nitrogens is 2. The molecule has 2 N–H and O–H groups in total. The van der Waals surface area contributed by atoms with Crippen LogP contribution < -0.4 is 14.8 Å². The number of para-hydroxylation sites is 1. The second-order valence-electron chi connectivity index (χ2n) is 9.26. The van der Waals surface area contributed by atoms with Crippen LogP contribution in [-0.4, -0.2) is 54.3 Å². The topological polar surface area (TPSA) is 155 Å². The van der Waals surface area contributed by atoms with Crippen molar-refractivity contribution in [1.29, 1.82) is 0 Å². The fourth-order valence-electron chi connectivity index (χ4n) is 4.15. The van der Waals surface area contributed by atoms with Gasteiger partial charge in [0.2, 0.25) is 15.9 Å². The van der Waals surface area contributed by atoms with Crippen LogP contribution in [0.4, 0.5) is 5.69 Å². The number of nitrogens with one attached hydrogen (secondary N) is 2. The SMILES string of the molecule is Cc1c(C(=O)NC[C@@H]2CCCO2)nn(-c2ccccc2)c1Oc1ccc([N+](=O)[O-])cc1S(=O)(=O)NC1CC1. The van der Waals surface area contributed by atoms with Crippen molar-refractivity contribution in [1.82, 2.24) is 19.8 Å². The van der Waals surface area contributed by atoms with Crippen LogP contribution >= 0.6 is 0 Å². The monoisotopic (exact) mass is 541 g/mol. The molecule has 200 valence electrons. The predicted octanol–water partition coefficient (Wildman–Crippen LogP) is 3.23. The highest BCUT2D eigenvalue weighted by Gasteiger charge is 2.32. The highest BCUT2D eigenvalue weighted by molar-refractivity contribution is 7.89. The van der Waals surface area contributed by atoms with E-state index >= 15 is 0 Å². The van der Waals surface area contributed by atoms with E-state index in [1.807, 2.05) is 6.07 Å². The molecule has 1 aliphatic heterocycles. The fraction of sp³-hybridized carbons (Fsp3) is 0.360. The van der Waals surface area contributed by atoms with Crippen molar-refractivity contribution < 1.29 is 27.6 Å². The number of hydrogen-bond acceptors (Lipinski definition) is 8. The summed E-state index contributed by atoms with van der Waals surface area (Å²) in [6, 6.07) is 12.1. The fourth-order valence-corrected chi connectivity index (χ4v) is 5.60. The van der Waals surface area contributed by atoms with Crippen molar-refractivity contribution in [3.05, 3.63) is 69.9 Å². The number of carbonyl (C=O) groups is 1. The molecular formula is C25H27N5O7S. The second-order valence-corrected chi connectivity index (χ2v) is 10.9. The molecule has 2 heterocycles. The Kier molecular flexibility index (Phi) is 7.15. The Morgan fingerprint density at radius 2 is 1.97 bits per heavy atom. The quantitative estimate of drug-likeness (QED) is 0.293. The molecule has 13 heteroatoms. The summed E-state index contributed by atoms with van der Waals surface area (Å²) in [5.41, 5.74) is 0.655. The number of benzene rings is 2. The molecule has 12 nitrogen and oxygen atoms in total. The van der Waals surface area contributed by atoms with Gasteiger partial charge in [0.25, 0.3) is 11.6 Å². The van der Waals surface area contributed by atoms with Crippen LogP contribution in [0.25, 0.3) is 5.69 Å². The summed E-state index contributed by atoms with van der Waals surface area (Å²) >= 11 is 0. The first-order valence-electron chi connectivity index (χ1n) is 12.3. The Morgan fingerprint density at radius 1 is 1.21 bits per heavy atom. The number of nitro groups is 1. The van der Waals surface area contributed by atoms with Gasteiger partial charge >= 0.3 is 0 Å². The van der Waals surface area contributed by atoms with E-state index in [4.69, 9.17) is 9.47 Å². The molecule has 1 saturated carbocycles. The van der Waals surface area contributed by atoms with Crippen LogP contribution in [0.15, 0.2) is 53.4 Å². The maximum Gasteiger partial charge on any atom is 0.272 e. The number of sulfonamides is 1. The predicted molar refractivity (Wildman–Crippen MR) is 136 cm³/mol. The molecule has 1 amide bonds. The van der Waals surface area contributed by atoms with Crippen molar-refractivity contribution in [2.45, 2.75) is 49.6 Å². The molecular weight excluding hydrogens is 514 g/mol. The van der Waals surface area contributed by atoms with Crippen molar-refractivity contribution >= 4 is 21.6 Å². The van der Waals surface area contributed by atoms with E-state index in [1.54, 1.807) is 31.2 Å². The number of amides is 1. The maximum atomic E-state index is 13.1. The molecule has 2 aliphatic rings. The number of non-ortho nitro benzene ring substituents is 1. The zero-order valence-electron chi connectivity index (χ0n) is 20.6. The third kappa shape index (κ3) is 5.54. The van der Waals surface area contributed by atoms with Gasteiger partial charge in [-0.25, -0.2) is 13.1 Å². The van der Waals surface area contributed by atoms with Crippen molar-refractivity contribution in [3.63, 3.8) is 0 Å². The highest BCUT2D eigenvalue weighted by Crippen LogP contribution is 2.36. The molecule has 0 spiro atoms. The summed E-state index contributed by atoms with van der Waals surface area (Å²) in [6.07, 6.45) is 3.12. The van der Waals surface area contributed by atoms with Gasteiger partial charge in [0, 0.05) is 36.9 Å². The Morgan fingerprint density at radius 3 is 2.63 bits per heavy atom. The largest absolute Gasteiger partial charge is 0.437 e. The molecule has 2 fully saturated rings. The lowest BCUT2D eigenvalue weighted by atomic mass is 10.2. The van der Waals surface area contributed by atoms with Gasteiger partial charge in [-0.05, 0) is 50.8 Å². The van der Waals surface area contributed by atoms with E-state index in [-0.39, 0.29) is 34.4 Å². The molecule has 3 aromatic rings. The van der Waals surface area contributed by atoms with Crippen molar-refractivity contribution in [2.24, 2.45) is 0 Å². The number of ether oxygens (including phenoxy) is 2. The normalized spacial score (nSPS) is 17.3. The van der Waals surface area contributed by atoms with Gasteiger partial charge in [0.15, 0.2) is 5.69 Å². The minimum atomic E-state index is -4.12. The Bertz CT molecular complexity index is 1460. The smallest absolute Gasteiger partial charge is 0.272 e. The van der Waals surface area contributed by atoms with Gasteiger partial charge in [-0.3, -0.25) is 14.9 Å². The third-order valence-corrected chi connectivity index (χ3v) is 7.87. The van der Waals surface area contributed by atoms with Crippen LogP contribution in [0.2, 0.25) is 0 Å². The molecule has 0 bridgehead atoms. The van der Waals surface area contributed by atoms with Gasteiger partial charge in [-0.15, -0.1) is 0 Å². The Hall–Kier alpha value is -3.81. The molecule has 2 aromatic carbocycles. The molecule has 1 saturated heterocycles. The van der Waals surface area contributed by atoms with E-state index in [1.165, 1.54) is 16.8 Å². The zero-order valence-corrected chi connectivity index (χ0v) is 21.4. The third-order valence-electron chi connectivity index (χ3n) is 6.33. The first kappa shape index (κ1) is 25.8.